The molecule has 5 rings (SSSR count). The summed E-state index contributed by atoms with van der Waals surface area (Å²) in [5, 5.41) is 4.75. The van der Waals surface area contributed by atoms with Crippen LogP contribution in [-0.2, 0) is 0 Å². The maximum Gasteiger partial charge on any atom is 0.349 e. The van der Waals surface area contributed by atoms with Crippen LogP contribution in [0.3, 0.4) is 0 Å². The van der Waals surface area contributed by atoms with E-state index in [1.165, 1.54) is 0 Å². The lowest BCUT2D eigenvalue weighted by atomic mass is 9.91. The van der Waals surface area contributed by atoms with Gasteiger partial charge in [0.25, 0.3) is 5.91 Å². The lowest BCUT2D eigenvalue weighted by Gasteiger charge is -2.18. The fraction of sp³-hybridized carbons (Fsp3) is 0.0769. The lowest BCUT2D eigenvalue weighted by Crippen LogP contribution is -2.32. The summed E-state index contributed by atoms with van der Waals surface area (Å²) in [6.07, 6.45) is 1.98. The minimum absolute atomic E-state index is 0.00261. The van der Waals surface area contributed by atoms with E-state index < -0.39 is 11.5 Å². The third kappa shape index (κ3) is 3.85. The Balaban J connectivity index is 1.48. The topological polar surface area (TPSA) is 75.1 Å². The fourth-order valence-electron chi connectivity index (χ4n) is 3.99. The van der Waals surface area contributed by atoms with Gasteiger partial charge in [-0.25, -0.2) is 4.79 Å². The van der Waals surface area contributed by atoms with Gasteiger partial charge in [0.05, 0.1) is 0 Å². The second kappa shape index (κ2) is 8.48. The second-order valence-electron chi connectivity index (χ2n) is 7.59. The average Bonchev–Trinajstić information content (AvgIpc) is 3.24. The Morgan fingerprint density at radius 3 is 2.59 bits per heavy atom. The van der Waals surface area contributed by atoms with E-state index in [-0.39, 0.29) is 11.5 Å². The summed E-state index contributed by atoms with van der Waals surface area (Å²) in [5.74, 6) is -0.554. The van der Waals surface area contributed by atoms with Gasteiger partial charge >= 0.3 is 5.63 Å². The Labute approximate surface area is 192 Å². The maximum atomic E-state index is 12.9. The van der Waals surface area contributed by atoms with E-state index in [1.54, 1.807) is 18.2 Å². The van der Waals surface area contributed by atoms with Crippen molar-refractivity contribution in [3.63, 3.8) is 0 Å². The Morgan fingerprint density at radius 1 is 1.00 bits per heavy atom. The van der Waals surface area contributed by atoms with Gasteiger partial charge in [0.1, 0.15) is 11.1 Å². The third-order valence-corrected chi connectivity index (χ3v) is 6.15. The van der Waals surface area contributed by atoms with E-state index in [1.807, 2.05) is 60.8 Å². The Bertz CT molecular complexity index is 1480. The number of benzene rings is 3. The van der Waals surface area contributed by atoms with E-state index >= 15 is 0 Å². The number of aromatic nitrogens is 1. The first-order valence-corrected chi connectivity index (χ1v) is 11.0. The van der Waals surface area contributed by atoms with Gasteiger partial charge < -0.3 is 14.7 Å². The largest absolute Gasteiger partial charge is 0.422 e. The average molecular weight is 487 g/mol. The van der Waals surface area contributed by atoms with Crippen LogP contribution in [0.15, 0.2) is 98.7 Å². The van der Waals surface area contributed by atoms with Crippen LogP contribution in [0.5, 0.6) is 0 Å². The van der Waals surface area contributed by atoms with E-state index in [9.17, 15) is 9.59 Å². The number of hydrogen-bond donors (Lipinski definition) is 2. The van der Waals surface area contributed by atoms with Crippen LogP contribution in [0.1, 0.15) is 27.4 Å². The highest BCUT2D eigenvalue weighted by Gasteiger charge is 2.21. The predicted molar refractivity (Wildman–Crippen MR) is 129 cm³/mol. The number of halogens is 1. The van der Waals surface area contributed by atoms with Crippen molar-refractivity contribution in [1.29, 1.82) is 0 Å². The molecule has 0 unspecified atom stereocenters. The normalized spacial score (nSPS) is 12.2. The van der Waals surface area contributed by atoms with Gasteiger partial charge in [-0.2, -0.15) is 0 Å². The van der Waals surface area contributed by atoms with E-state index in [0.717, 1.165) is 26.5 Å². The van der Waals surface area contributed by atoms with Gasteiger partial charge in [0, 0.05) is 39.4 Å². The molecular formula is C26H19BrN2O3. The van der Waals surface area contributed by atoms with Crippen LogP contribution in [0.25, 0.3) is 21.9 Å². The molecule has 6 heteroatoms. The molecule has 0 aliphatic carbocycles. The molecular weight excluding hydrogens is 468 g/mol. The fourth-order valence-corrected chi connectivity index (χ4v) is 4.26. The van der Waals surface area contributed by atoms with Gasteiger partial charge in [-0.15, -0.1) is 0 Å². The summed E-state index contributed by atoms with van der Waals surface area (Å²) in [6, 6.07) is 24.8. The van der Waals surface area contributed by atoms with Crippen molar-refractivity contribution < 1.29 is 9.21 Å². The summed E-state index contributed by atoms with van der Waals surface area (Å²) < 4.78 is 6.30. The van der Waals surface area contributed by atoms with Crippen molar-refractivity contribution in [2.75, 3.05) is 6.54 Å². The number of H-pyrrole nitrogens is 1. The smallest absolute Gasteiger partial charge is 0.349 e. The standard InChI is InChI=1S/C26H19BrN2O3/c27-18-11-9-16(10-12-18)21(22-15-28-23-7-3-2-6-19(22)23)14-29-25(30)20-13-17-5-1-4-8-24(17)32-26(20)31/h1-13,15,21,28H,14H2,(H,29,30)/t21-/m0/s1. The molecule has 2 N–H and O–H groups in total. The first-order valence-electron chi connectivity index (χ1n) is 10.2. The Hall–Kier alpha value is -3.64. The first-order chi connectivity index (χ1) is 15.6. The summed E-state index contributed by atoms with van der Waals surface area (Å²) in [7, 11) is 0. The van der Waals surface area contributed by atoms with Gasteiger partial charge in [-0.3, -0.25) is 4.79 Å². The van der Waals surface area contributed by atoms with Gasteiger partial charge in [-0.1, -0.05) is 64.5 Å². The molecule has 3 aromatic carbocycles. The van der Waals surface area contributed by atoms with Crippen LogP contribution in [0.4, 0.5) is 0 Å². The summed E-state index contributed by atoms with van der Waals surface area (Å²) in [6.45, 7) is 0.328. The summed E-state index contributed by atoms with van der Waals surface area (Å²) in [5.41, 5.74) is 2.98. The van der Waals surface area contributed by atoms with Crippen molar-refractivity contribution in [2.24, 2.45) is 0 Å². The predicted octanol–water partition coefficient (Wildman–Crippen LogP) is 5.60. The number of amides is 1. The minimum Gasteiger partial charge on any atom is -0.422 e. The molecule has 2 heterocycles. The van der Waals surface area contributed by atoms with Crippen LogP contribution in [-0.4, -0.2) is 17.4 Å². The van der Waals surface area contributed by atoms with Crippen LogP contribution in [0, 0.1) is 0 Å². The number of carbonyl (C=O) groups is 1. The van der Waals surface area contributed by atoms with E-state index in [4.69, 9.17) is 4.42 Å². The number of fused-ring (bicyclic) bond motifs is 2. The number of aromatic amines is 1. The molecule has 0 aliphatic heterocycles. The van der Waals surface area contributed by atoms with E-state index in [2.05, 4.69) is 32.3 Å². The molecule has 0 fully saturated rings. The van der Waals surface area contributed by atoms with Crippen molar-refractivity contribution in [3.05, 3.63) is 117 Å². The van der Waals surface area contributed by atoms with E-state index in [0.29, 0.717) is 17.5 Å². The molecule has 0 radical (unpaired) electrons. The molecule has 2 aromatic heterocycles. The molecule has 5 nitrogen and oxygen atoms in total. The highest BCUT2D eigenvalue weighted by molar-refractivity contribution is 9.10. The Morgan fingerprint density at radius 2 is 1.75 bits per heavy atom. The molecule has 0 saturated carbocycles. The molecule has 0 spiro atoms. The molecule has 0 saturated heterocycles. The maximum absolute atomic E-state index is 12.9. The van der Waals surface area contributed by atoms with Crippen molar-refractivity contribution in [3.8, 4) is 0 Å². The number of hydrogen-bond acceptors (Lipinski definition) is 3. The third-order valence-electron chi connectivity index (χ3n) is 5.62. The van der Waals surface area contributed by atoms with Crippen LogP contribution >= 0.6 is 15.9 Å². The first kappa shape index (κ1) is 20.3. The summed E-state index contributed by atoms with van der Waals surface area (Å²) >= 11 is 3.48. The lowest BCUT2D eigenvalue weighted by molar-refractivity contribution is 0.0949. The van der Waals surface area contributed by atoms with Gasteiger partial charge in [0.15, 0.2) is 0 Å². The van der Waals surface area contributed by atoms with Crippen molar-refractivity contribution in [1.82, 2.24) is 10.3 Å². The molecule has 1 amide bonds. The molecule has 1 atom stereocenters. The number of carbonyl (C=O) groups excluding carboxylic acids is 1. The SMILES string of the molecule is O=C(NC[C@@H](c1ccc(Br)cc1)c1c[nH]c2ccccc12)c1cc2ccccc2oc1=O. The zero-order chi connectivity index (χ0) is 22.1. The molecule has 0 bridgehead atoms. The molecule has 5 aromatic rings. The minimum atomic E-state index is -0.645. The zero-order valence-corrected chi connectivity index (χ0v) is 18.6. The molecule has 158 valence electrons. The van der Waals surface area contributed by atoms with Gasteiger partial charge in [-0.05, 0) is 41.5 Å². The Kier molecular flexibility index (Phi) is 5.37. The quantitative estimate of drug-likeness (QED) is 0.317. The van der Waals surface area contributed by atoms with Gasteiger partial charge in [0.2, 0.25) is 0 Å². The van der Waals surface area contributed by atoms with Crippen LogP contribution < -0.4 is 10.9 Å². The number of para-hydroxylation sites is 2. The number of nitrogens with one attached hydrogen (secondary N) is 2. The highest BCUT2D eigenvalue weighted by atomic mass is 79.9. The van der Waals surface area contributed by atoms with Crippen molar-refractivity contribution in [2.45, 2.75) is 5.92 Å². The monoisotopic (exact) mass is 486 g/mol. The van der Waals surface area contributed by atoms with Crippen LogP contribution in [0.2, 0.25) is 0 Å². The second-order valence-corrected chi connectivity index (χ2v) is 8.50. The zero-order valence-electron chi connectivity index (χ0n) is 17.0. The molecule has 0 aliphatic rings. The highest BCUT2D eigenvalue weighted by Crippen LogP contribution is 2.31. The molecule has 32 heavy (non-hydrogen) atoms. The number of rotatable bonds is 5. The van der Waals surface area contributed by atoms with Crippen molar-refractivity contribution >= 4 is 43.7 Å². The summed E-state index contributed by atoms with van der Waals surface area (Å²) in [4.78, 5) is 28.6.